The van der Waals surface area contributed by atoms with E-state index in [9.17, 15) is 9.59 Å². The SMILES string of the molecule is CC(C)(C)n1ncc2c(=O)n(CC(=O)Nc3ccc(Br)cc3)cnc21. The van der Waals surface area contributed by atoms with Crippen LogP contribution in [0, 0.1) is 0 Å². The fraction of sp³-hybridized carbons (Fsp3) is 0.294. The molecule has 0 aliphatic rings. The van der Waals surface area contributed by atoms with Crippen LogP contribution in [0.2, 0.25) is 0 Å². The van der Waals surface area contributed by atoms with Crippen molar-refractivity contribution in [1.82, 2.24) is 19.3 Å². The predicted molar refractivity (Wildman–Crippen MR) is 99.6 cm³/mol. The minimum Gasteiger partial charge on any atom is -0.325 e. The second-order valence-corrected chi connectivity index (χ2v) is 7.61. The van der Waals surface area contributed by atoms with Gasteiger partial charge in [-0.15, -0.1) is 0 Å². The van der Waals surface area contributed by atoms with Crippen molar-refractivity contribution < 1.29 is 4.79 Å². The van der Waals surface area contributed by atoms with E-state index in [0.29, 0.717) is 16.7 Å². The minimum absolute atomic E-state index is 0.113. The first-order valence-electron chi connectivity index (χ1n) is 7.75. The van der Waals surface area contributed by atoms with E-state index in [1.165, 1.54) is 17.1 Å². The first-order valence-corrected chi connectivity index (χ1v) is 8.54. The summed E-state index contributed by atoms with van der Waals surface area (Å²) in [7, 11) is 0. The van der Waals surface area contributed by atoms with Crippen molar-refractivity contribution in [2.75, 3.05) is 5.32 Å². The van der Waals surface area contributed by atoms with Crippen molar-refractivity contribution in [3.05, 3.63) is 51.6 Å². The predicted octanol–water partition coefficient (Wildman–Crippen LogP) is 2.75. The fourth-order valence-corrected chi connectivity index (χ4v) is 2.70. The van der Waals surface area contributed by atoms with Gasteiger partial charge in [0.05, 0.1) is 11.7 Å². The van der Waals surface area contributed by atoms with Gasteiger partial charge < -0.3 is 5.32 Å². The molecule has 0 aliphatic heterocycles. The van der Waals surface area contributed by atoms with Gasteiger partial charge >= 0.3 is 0 Å². The Hall–Kier alpha value is -2.48. The third-order valence-corrected chi connectivity index (χ3v) is 4.16. The number of carbonyl (C=O) groups excluding carboxylic acids is 1. The first-order chi connectivity index (χ1) is 11.8. The lowest BCUT2D eigenvalue weighted by molar-refractivity contribution is -0.116. The number of nitrogens with one attached hydrogen (secondary N) is 1. The molecule has 130 valence electrons. The van der Waals surface area contributed by atoms with Gasteiger partial charge in [0.25, 0.3) is 5.56 Å². The standard InChI is InChI=1S/C17H18BrN5O2/c1-17(2,3)23-15-13(8-20-23)16(25)22(10-19-15)9-14(24)21-12-6-4-11(18)5-7-12/h4-8,10H,9H2,1-3H3,(H,21,24). The molecule has 0 atom stereocenters. The molecule has 0 saturated heterocycles. The van der Waals surface area contributed by atoms with Crippen LogP contribution in [0.25, 0.3) is 11.0 Å². The van der Waals surface area contributed by atoms with Gasteiger partial charge in [0.15, 0.2) is 5.65 Å². The Morgan fingerprint density at radius 3 is 2.56 bits per heavy atom. The van der Waals surface area contributed by atoms with Crippen LogP contribution in [0.3, 0.4) is 0 Å². The van der Waals surface area contributed by atoms with E-state index in [1.54, 1.807) is 16.8 Å². The number of anilines is 1. The van der Waals surface area contributed by atoms with Gasteiger partial charge in [-0.2, -0.15) is 5.10 Å². The zero-order valence-electron chi connectivity index (χ0n) is 14.2. The van der Waals surface area contributed by atoms with Crippen LogP contribution in [-0.4, -0.2) is 25.2 Å². The summed E-state index contributed by atoms with van der Waals surface area (Å²) in [6.45, 7) is 5.84. The second-order valence-electron chi connectivity index (χ2n) is 6.70. The topological polar surface area (TPSA) is 81.8 Å². The summed E-state index contributed by atoms with van der Waals surface area (Å²) in [6.07, 6.45) is 2.88. The summed E-state index contributed by atoms with van der Waals surface area (Å²) >= 11 is 3.34. The van der Waals surface area contributed by atoms with E-state index < -0.39 is 0 Å². The number of hydrogen-bond donors (Lipinski definition) is 1. The molecule has 0 unspecified atom stereocenters. The van der Waals surface area contributed by atoms with Crippen molar-refractivity contribution in [3.8, 4) is 0 Å². The van der Waals surface area contributed by atoms with Crippen LogP contribution >= 0.6 is 15.9 Å². The molecule has 3 aromatic rings. The maximum Gasteiger partial charge on any atom is 0.264 e. The Balaban J connectivity index is 1.84. The number of hydrogen-bond acceptors (Lipinski definition) is 4. The van der Waals surface area contributed by atoms with Crippen LogP contribution in [0.5, 0.6) is 0 Å². The number of benzene rings is 1. The van der Waals surface area contributed by atoms with Crippen molar-refractivity contribution in [3.63, 3.8) is 0 Å². The molecule has 1 N–H and O–H groups in total. The summed E-state index contributed by atoms with van der Waals surface area (Å²) in [5.41, 5.74) is 0.608. The number of nitrogens with zero attached hydrogens (tertiary/aromatic N) is 4. The minimum atomic E-state index is -0.297. The van der Waals surface area contributed by atoms with Gasteiger partial charge in [0.2, 0.25) is 5.91 Å². The molecule has 3 rings (SSSR count). The largest absolute Gasteiger partial charge is 0.325 e. The van der Waals surface area contributed by atoms with E-state index in [4.69, 9.17) is 0 Å². The molecule has 7 nitrogen and oxygen atoms in total. The first kappa shape index (κ1) is 17.3. The Kier molecular flexibility index (Phi) is 4.47. The van der Waals surface area contributed by atoms with Crippen molar-refractivity contribution >= 4 is 38.6 Å². The highest BCUT2D eigenvalue weighted by Gasteiger charge is 2.20. The molecule has 0 aliphatic carbocycles. The number of aromatic nitrogens is 4. The van der Waals surface area contributed by atoms with E-state index >= 15 is 0 Å². The summed E-state index contributed by atoms with van der Waals surface area (Å²) in [5.74, 6) is -0.297. The Morgan fingerprint density at radius 1 is 1.24 bits per heavy atom. The second kappa shape index (κ2) is 6.44. The molecule has 2 aromatic heterocycles. The molecule has 0 fully saturated rings. The number of fused-ring (bicyclic) bond motifs is 1. The van der Waals surface area contributed by atoms with E-state index in [2.05, 4.69) is 31.3 Å². The molecule has 1 amide bonds. The summed E-state index contributed by atoms with van der Waals surface area (Å²) in [6, 6.07) is 7.21. The molecular formula is C17H18BrN5O2. The summed E-state index contributed by atoms with van der Waals surface area (Å²) < 4.78 is 3.91. The molecule has 2 heterocycles. The molecular weight excluding hydrogens is 386 g/mol. The van der Waals surface area contributed by atoms with E-state index in [-0.39, 0.29) is 23.6 Å². The van der Waals surface area contributed by atoms with Gasteiger partial charge in [-0.05, 0) is 45.0 Å². The lowest BCUT2D eigenvalue weighted by Crippen LogP contribution is -2.29. The Morgan fingerprint density at radius 2 is 1.92 bits per heavy atom. The zero-order chi connectivity index (χ0) is 18.2. The third-order valence-electron chi connectivity index (χ3n) is 3.63. The highest BCUT2D eigenvalue weighted by Crippen LogP contribution is 2.18. The van der Waals surface area contributed by atoms with Crippen molar-refractivity contribution in [2.24, 2.45) is 0 Å². The summed E-state index contributed by atoms with van der Waals surface area (Å²) in [4.78, 5) is 29.1. The number of rotatable bonds is 3. The van der Waals surface area contributed by atoms with Gasteiger partial charge in [-0.3, -0.25) is 14.2 Å². The zero-order valence-corrected chi connectivity index (χ0v) is 15.7. The monoisotopic (exact) mass is 403 g/mol. The smallest absolute Gasteiger partial charge is 0.264 e. The molecule has 25 heavy (non-hydrogen) atoms. The van der Waals surface area contributed by atoms with Gasteiger partial charge in [-0.25, -0.2) is 9.67 Å². The van der Waals surface area contributed by atoms with Crippen LogP contribution in [0.15, 0.2) is 46.1 Å². The Bertz CT molecular complexity index is 983. The molecule has 0 saturated carbocycles. The average Bonchev–Trinajstić information content (AvgIpc) is 2.97. The highest BCUT2D eigenvalue weighted by atomic mass is 79.9. The highest BCUT2D eigenvalue weighted by molar-refractivity contribution is 9.10. The van der Waals surface area contributed by atoms with Crippen LogP contribution in [-0.2, 0) is 16.9 Å². The molecule has 1 aromatic carbocycles. The van der Waals surface area contributed by atoms with E-state index in [1.807, 2.05) is 32.9 Å². The molecule has 0 spiro atoms. The van der Waals surface area contributed by atoms with Crippen molar-refractivity contribution in [2.45, 2.75) is 32.9 Å². The Labute approximate surface area is 152 Å². The lowest BCUT2D eigenvalue weighted by Gasteiger charge is -2.19. The van der Waals surface area contributed by atoms with Gasteiger partial charge in [0.1, 0.15) is 18.3 Å². The molecule has 0 radical (unpaired) electrons. The van der Waals surface area contributed by atoms with Crippen molar-refractivity contribution in [1.29, 1.82) is 0 Å². The number of amides is 1. The molecule has 8 heteroatoms. The third kappa shape index (κ3) is 3.63. The normalized spacial score (nSPS) is 11.7. The van der Waals surface area contributed by atoms with E-state index in [0.717, 1.165) is 4.47 Å². The van der Waals surface area contributed by atoms with Gasteiger partial charge in [0, 0.05) is 10.2 Å². The maximum absolute atomic E-state index is 12.6. The summed E-state index contributed by atoms with van der Waals surface area (Å²) in [5, 5.41) is 7.41. The maximum atomic E-state index is 12.6. The molecule has 0 bridgehead atoms. The van der Waals surface area contributed by atoms with Crippen LogP contribution in [0.4, 0.5) is 5.69 Å². The lowest BCUT2D eigenvalue weighted by atomic mass is 10.1. The van der Waals surface area contributed by atoms with Crippen LogP contribution < -0.4 is 10.9 Å². The van der Waals surface area contributed by atoms with Gasteiger partial charge in [-0.1, -0.05) is 15.9 Å². The fourth-order valence-electron chi connectivity index (χ4n) is 2.44. The average molecular weight is 404 g/mol. The number of halogens is 1. The number of carbonyl (C=O) groups is 1. The van der Waals surface area contributed by atoms with Crippen LogP contribution in [0.1, 0.15) is 20.8 Å². The quantitative estimate of drug-likeness (QED) is 0.728.